The first kappa shape index (κ1) is 15.0. The highest BCUT2D eigenvalue weighted by Crippen LogP contribution is 2.23. The van der Waals surface area contributed by atoms with Crippen LogP contribution in [0, 0.1) is 13.8 Å². The lowest BCUT2D eigenvalue weighted by atomic mass is 10.2. The van der Waals surface area contributed by atoms with E-state index in [1.165, 1.54) is 5.56 Å². The van der Waals surface area contributed by atoms with Crippen molar-refractivity contribution in [1.82, 2.24) is 9.97 Å². The van der Waals surface area contributed by atoms with E-state index in [4.69, 9.17) is 0 Å². The summed E-state index contributed by atoms with van der Waals surface area (Å²) < 4.78 is 0. The van der Waals surface area contributed by atoms with E-state index in [0.717, 1.165) is 22.9 Å². The highest BCUT2D eigenvalue weighted by molar-refractivity contribution is 5.61. The van der Waals surface area contributed by atoms with Crippen molar-refractivity contribution in [1.29, 1.82) is 0 Å². The molecule has 0 bridgehead atoms. The fraction of sp³-hybridized carbons (Fsp3) is 0.158. The standard InChI is InChI=1S/C19H20N4/c1-14-8-7-9-16(12-14)21-18-13-15(2)20-19(22-18)23(3)17-10-5-4-6-11-17/h4-13H,1-3H3,(H,20,21,22). The first-order chi connectivity index (χ1) is 11.1. The molecule has 0 fully saturated rings. The summed E-state index contributed by atoms with van der Waals surface area (Å²) in [6.45, 7) is 4.05. The van der Waals surface area contributed by atoms with Crippen LogP contribution in [-0.2, 0) is 0 Å². The van der Waals surface area contributed by atoms with E-state index in [2.05, 4.69) is 34.3 Å². The molecule has 0 spiro atoms. The molecule has 0 aliphatic heterocycles. The van der Waals surface area contributed by atoms with Crippen molar-refractivity contribution in [2.75, 3.05) is 17.3 Å². The maximum absolute atomic E-state index is 4.64. The van der Waals surface area contributed by atoms with Crippen LogP contribution in [0.15, 0.2) is 60.7 Å². The third-order valence-electron chi connectivity index (χ3n) is 3.58. The SMILES string of the molecule is Cc1cccc(Nc2cc(C)nc(N(C)c3ccccc3)n2)c1. The van der Waals surface area contributed by atoms with E-state index >= 15 is 0 Å². The van der Waals surface area contributed by atoms with Gasteiger partial charge in [0, 0.05) is 30.2 Å². The van der Waals surface area contributed by atoms with Crippen molar-refractivity contribution in [2.45, 2.75) is 13.8 Å². The molecular formula is C19H20N4. The molecule has 0 amide bonds. The first-order valence-corrected chi connectivity index (χ1v) is 7.60. The zero-order valence-electron chi connectivity index (χ0n) is 13.6. The van der Waals surface area contributed by atoms with Crippen LogP contribution in [0.5, 0.6) is 0 Å². The Kier molecular flexibility index (Phi) is 4.24. The number of hydrogen-bond donors (Lipinski definition) is 1. The van der Waals surface area contributed by atoms with Crippen molar-refractivity contribution in [2.24, 2.45) is 0 Å². The number of para-hydroxylation sites is 1. The number of rotatable bonds is 4. The number of nitrogens with zero attached hydrogens (tertiary/aromatic N) is 3. The quantitative estimate of drug-likeness (QED) is 0.764. The fourth-order valence-corrected chi connectivity index (χ4v) is 2.40. The summed E-state index contributed by atoms with van der Waals surface area (Å²) in [5.41, 5.74) is 4.21. The average Bonchev–Trinajstić information content (AvgIpc) is 2.54. The van der Waals surface area contributed by atoms with Gasteiger partial charge in [-0.1, -0.05) is 30.3 Å². The Morgan fingerprint density at radius 1 is 0.870 bits per heavy atom. The fourth-order valence-electron chi connectivity index (χ4n) is 2.40. The number of aromatic nitrogens is 2. The maximum atomic E-state index is 4.64. The van der Waals surface area contributed by atoms with E-state index in [-0.39, 0.29) is 0 Å². The molecule has 0 radical (unpaired) electrons. The molecule has 2 aromatic carbocycles. The van der Waals surface area contributed by atoms with Gasteiger partial charge in [-0.15, -0.1) is 0 Å². The van der Waals surface area contributed by atoms with Crippen molar-refractivity contribution >= 4 is 23.1 Å². The minimum absolute atomic E-state index is 0.673. The van der Waals surface area contributed by atoms with Crippen LogP contribution in [0.4, 0.5) is 23.1 Å². The molecule has 0 aliphatic carbocycles. The topological polar surface area (TPSA) is 41.1 Å². The molecule has 1 heterocycles. The molecular weight excluding hydrogens is 284 g/mol. The average molecular weight is 304 g/mol. The van der Waals surface area contributed by atoms with Gasteiger partial charge >= 0.3 is 0 Å². The van der Waals surface area contributed by atoms with Crippen LogP contribution in [0.25, 0.3) is 0 Å². The van der Waals surface area contributed by atoms with Gasteiger partial charge in [0.25, 0.3) is 0 Å². The highest BCUT2D eigenvalue weighted by atomic mass is 15.2. The molecule has 1 N–H and O–H groups in total. The van der Waals surface area contributed by atoms with Crippen molar-refractivity contribution in [3.05, 3.63) is 71.9 Å². The van der Waals surface area contributed by atoms with Crippen LogP contribution in [0.3, 0.4) is 0 Å². The predicted octanol–water partition coefficient (Wildman–Crippen LogP) is 4.60. The van der Waals surface area contributed by atoms with Gasteiger partial charge in [0.1, 0.15) is 5.82 Å². The second-order valence-corrected chi connectivity index (χ2v) is 5.58. The smallest absolute Gasteiger partial charge is 0.231 e. The van der Waals surface area contributed by atoms with Gasteiger partial charge in [0.2, 0.25) is 5.95 Å². The second-order valence-electron chi connectivity index (χ2n) is 5.58. The van der Waals surface area contributed by atoms with E-state index < -0.39 is 0 Å². The molecule has 3 aromatic rings. The van der Waals surface area contributed by atoms with E-state index in [9.17, 15) is 0 Å². The molecule has 0 unspecified atom stereocenters. The summed E-state index contributed by atoms with van der Waals surface area (Å²) in [6.07, 6.45) is 0. The van der Waals surface area contributed by atoms with E-state index in [0.29, 0.717) is 5.95 Å². The zero-order valence-corrected chi connectivity index (χ0v) is 13.6. The third kappa shape index (κ3) is 3.66. The van der Waals surface area contributed by atoms with Crippen molar-refractivity contribution in [3.8, 4) is 0 Å². The van der Waals surface area contributed by atoms with E-state index in [1.54, 1.807) is 0 Å². The summed E-state index contributed by atoms with van der Waals surface area (Å²) in [7, 11) is 1.97. The number of anilines is 4. The summed E-state index contributed by atoms with van der Waals surface area (Å²) >= 11 is 0. The third-order valence-corrected chi connectivity index (χ3v) is 3.58. The van der Waals surface area contributed by atoms with Gasteiger partial charge in [-0.2, -0.15) is 4.98 Å². The van der Waals surface area contributed by atoms with Gasteiger partial charge in [-0.3, -0.25) is 0 Å². The highest BCUT2D eigenvalue weighted by Gasteiger charge is 2.09. The largest absolute Gasteiger partial charge is 0.340 e. The molecule has 1 aromatic heterocycles. The van der Waals surface area contributed by atoms with Crippen LogP contribution in [0.1, 0.15) is 11.3 Å². The number of aryl methyl sites for hydroxylation is 2. The maximum Gasteiger partial charge on any atom is 0.231 e. The molecule has 0 saturated carbocycles. The molecule has 0 atom stereocenters. The molecule has 0 aliphatic rings. The lowest BCUT2D eigenvalue weighted by Crippen LogP contribution is -2.14. The van der Waals surface area contributed by atoms with Crippen molar-refractivity contribution in [3.63, 3.8) is 0 Å². The van der Waals surface area contributed by atoms with Gasteiger partial charge in [-0.05, 0) is 43.7 Å². The lowest BCUT2D eigenvalue weighted by Gasteiger charge is -2.18. The summed E-state index contributed by atoms with van der Waals surface area (Å²) in [4.78, 5) is 11.2. The molecule has 116 valence electrons. The Hall–Kier alpha value is -2.88. The normalized spacial score (nSPS) is 10.4. The van der Waals surface area contributed by atoms with Crippen LogP contribution in [0.2, 0.25) is 0 Å². The van der Waals surface area contributed by atoms with Gasteiger partial charge < -0.3 is 10.2 Å². The Labute approximate surface area is 136 Å². The van der Waals surface area contributed by atoms with Crippen molar-refractivity contribution < 1.29 is 0 Å². The molecule has 4 heteroatoms. The molecule has 3 rings (SSSR count). The summed E-state index contributed by atoms with van der Waals surface area (Å²) in [5, 5.41) is 3.35. The Morgan fingerprint density at radius 2 is 1.65 bits per heavy atom. The minimum Gasteiger partial charge on any atom is -0.340 e. The van der Waals surface area contributed by atoms with Crippen LogP contribution >= 0.6 is 0 Å². The summed E-state index contributed by atoms with van der Waals surface area (Å²) in [5.74, 6) is 1.47. The number of hydrogen-bond acceptors (Lipinski definition) is 4. The second kappa shape index (κ2) is 6.48. The Morgan fingerprint density at radius 3 is 2.39 bits per heavy atom. The molecule has 0 saturated heterocycles. The van der Waals surface area contributed by atoms with Gasteiger partial charge in [0.05, 0.1) is 0 Å². The zero-order chi connectivity index (χ0) is 16.2. The lowest BCUT2D eigenvalue weighted by molar-refractivity contribution is 1.02. The Balaban J connectivity index is 1.90. The minimum atomic E-state index is 0.673. The summed E-state index contributed by atoms with van der Waals surface area (Å²) in [6, 6.07) is 20.3. The number of benzene rings is 2. The molecule has 23 heavy (non-hydrogen) atoms. The molecule has 4 nitrogen and oxygen atoms in total. The van der Waals surface area contributed by atoms with Crippen LogP contribution < -0.4 is 10.2 Å². The van der Waals surface area contributed by atoms with Crippen LogP contribution in [-0.4, -0.2) is 17.0 Å². The van der Waals surface area contributed by atoms with E-state index in [1.807, 2.05) is 67.4 Å². The predicted molar refractivity (Wildman–Crippen MR) is 95.7 cm³/mol. The number of nitrogens with one attached hydrogen (secondary N) is 1. The monoisotopic (exact) mass is 304 g/mol. The Bertz CT molecular complexity index is 799. The van der Waals surface area contributed by atoms with Gasteiger partial charge in [0.15, 0.2) is 0 Å². The van der Waals surface area contributed by atoms with Gasteiger partial charge in [-0.25, -0.2) is 4.98 Å². The first-order valence-electron chi connectivity index (χ1n) is 7.60.